The van der Waals surface area contributed by atoms with Gasteiger partial charge in [0.1, 0.15) is 0 Å². The first-order valence-corrected chi connectivity index (χ1v) is 6.77. The van der Waals surface area contributed by atoms with Crippen LogP contribution in [-0.2, 0) is 17.9 Å². The maximum absolute atomic E-state index is 11.1. The molecule has 1 aliphatic rings. The summed E-state index contributed by atoms with van der Waals surface area (Å²) in [7, 11) is 0. The topological polar surface area (TPSA) is 46.1 Å². The minimum Gasteiger partial charge on any atom is -0.352 e. The second-order valence-corrected chi connectivity index (χ2v) is 5.07. The molecule has 1 saturated heterocycles. The van der Waals surface area contributed by atoms with Gasteiger partial charge in [-0.1, -0.05) is 0 Å². The van der Waals surface area contributed by atoms with Gasteiger partial charge in [-0.05, 0) is 38.8 Å². The van der Waals surface area contributed by atoms with Crippen LogP contribution in [0.5, 0.6) is 0 Å². The van der Waals surface area contributed by atoms with Gasteiger partial charge >= 0.3 is 0 Å². The number of amides is 1. The van der Waals surface area contributed by atoms with Crippen molar-refractivity contribution in [2.45, 2.75) is 52.7 Å². The van der Waals surface area contributed by atoms with E-state index >= 15 is 0 Å². The Morgan fingerprint density at radius 2 is 2.28 bits per heavy atom. The van der Waals surface area contributed by atoms with Gasteiger partial charge in [0, 0.05) is 43.5 Å². The van der Waals surface area contributed by atoms with Gasteiger partial charge in [-0.25, -0.2) is 0 Å². The predicted molar refractivity (Wildman–Crippen MR) is 72.5 cm³/mol. The second-order valence-electron chi connectivity index (χ2n) is 5.07. The third-order valence-corrected chi connectivity index (χ3v) is 3.79. The minimum absolute atomic E-state index is 0.186. The molecule has 4 nitrogen and oxygen atoms in total. The fourth-order valence-corrected chi connectivity index (χ4v) is 2.75. The molecule has 0 radical (unpaired) electrons. The van der Waals surface area contributed by atoms with Crippen molar-refractivity contribution in [2.75, 3.05) is 6.54 Å². The number of hydrogen-bond donors (Lipinski definition) is 2. The maximum Gasteiger partial charge on any atom is 0.220 e. The average Bonchev–Trinajstić information content (AvgIpc) is 2.85. The summed E-state index contributed by atoms with van der Waals surface area (Å²) in [5.74, 6) is 0.186. The zero-order valence-electron chi connectivity index (χ0n) is 11.5. The van der Waals surface area contributed by atoms with E-state index in [1.165, 1.54) is 17.0 Å². The molecular formula is C14H23N3O. The Morgan fingerprint density at radius 1 is 1.50 bits per heavy atom. The molecule has 1 amide bonds. The molecule has 18 heavy (non-hydrogen) atoms. The van der Waals surface area contributed by atoms with E-state index in [4.69, 9.17) is 0 Å². The van der Waals surface area contributed by atoms with Crippen LogP contribution in [0.15, 0.2) is 6.07 Å². The molecule has 0 saturated carbocycles. The molecule has 1 aromatic heterocycles. The molecule has 1 atom stereocenters. The molecule has 2 heterocycles. The van der Waals surface area contributed by atoms with Crippen LogP contribution in [0.3, 0.4) is 0 Å². The Hall–Kier alpha value is -1.29. The fraction of sp³-hybridized carbons (Fsp3) is 0.643. The summed E-state index contributed by atoms with van der Waals surface area (Å²) >= 11 is 0. The number of carbonyl (C=O) groups is 1. The Labute approximate surface area is 109 Å². The van der Waals surface area contributed by atoms with Crippen molar-refractivity contribution in [3.63, 3.8) is 0 Å². The highest BCUT2D eigenvalue weighted by Gasteiger charge is 2.20. The molecule has 2 rings (SSSR count). The van der Waals surface area contributed by atoms with Gasteiger partial charge in [0.2, 0.25) is 5.91 Å². The van der Waals surface area contributed by atoms with Gasteiger partial charge in [-0.2, -0.15) is 0 Å². The van der Waals surface area contributed by atoms with E-state index in [0.717, 1.165) is 26.1 Å². The zero-order valence-corrected chi connectivity index (χ0v) is 11.5. The summed E-state index contributed by atoms with van der Waals surface area (Å²) in [6, 6.07) is 2.56. The Morgan fingerprint density at radius 3 is 2.83 bits per heavy atom. The summed E-state index contributed by atoms with van der Waals surface area (Å²) in [6.45, 7) is 9.26. The van der Waals surface area contributed by atoms with E-state index in [9.17, 15) is 4.79 Å². The summed E-state index contributed by atoms with van der Waals surface area (Å²) in [6.07, 6.45) is 1.64. The van der Waals surface area contributed by atoms with Gasteiger partial charge in [-0.15, -0.1) is 0 Å². The lowest BCUT2D eigenvalue weighted by Gasteiger charge is -2.11. The first-order chi connectivity index (χ1) is 8.61. The minimum atomic E-state index is 0.186. The number of nitrogens with zero attached hydrogens (tertiary/aromatic N) is 1. The van der Waals surface area contributed by atoms with Crippen LogP contribution in [-0.4, -0.2) is 23.1 Å². The van der Waals surface area contributed by atoms with Crippen LogP contribution in [0.1, 0.15) is 36.7 Å². The lowest BCUT2D eigenvalue weighted by Crippen LogP contribution is -2.35. The number of hydrogen-bond acceptors (Lipinski definition) is 2. The van der Waals surface area contributed by atoms with Crippen LogP contribution in [0, 0.1) is 13.8 Å². The Bertz CT molecular complexity index is 436. The van der Waals surface area contributed by atoms with Crippen molar-refractivity contribution < 1.29 is 4.79 Å². The van der Waals surface area contributed by atoms with Crippen LogP contribution in [0.2, 0.25) is 0 Å². The molecule has 4 heteroatoms. The van der Waals surface area contributed by atoms with E-state index in [-0.39, 0.29) is 5.91 Å². The van der Waals surface area contributed by atoms with Gasteiger partial charge in [0.15, 0.2) is 0 Å². The normalized spacial score (nSPS) is 19.3. The van der Waals surface area contributed by atoms with E-state index in [0.29, 0.717) is 12.5 Å². The van der Waals surface area contributed by atoms with Crippen LogP contribution >= 0.6 is 0 Å². The van der Waals surface area contributed by atoms with Crippen molar-refractivity contribution in [3.05, 3.63) is 23.0 Å². The van der Waals surface area contributed by atoms with Crippen molar-refractivity contribution in [3.8, 4) is 0 Å². The molecule has 1 unspecified atom stereocenters. The summed E-state index contributed by atoms with van der Waals surface area (Å²) in [4.78, 5) is 11.1. The highest BCUT2D eigenvalue weighted by Crippen LogP contribution is 2.14. The molecule has 2 N–H and O–H groups in total. The molecule has 1 aromatic rings. The molecular weight excluding hydrogens is 226 g/mol. The molecule has 0 bridgehead atoms. The molecule has 100 valence electrons. The standard InChI is InChI=1S/C14H23N3O/c1-4-17-10(2)7-12(11(17)3)8-15-9-13-5-6-14(18)16-13/h7,13,15H,4-6,8-9H2,1-3H3,(H,16,18). The molecule has 0 spiro atoms. The number of carbonyl (C=O) groups excluding carboxylic acids is 1. The van der Waals surface area contributed by atoms with Crippen molar-refractivity contribution in [1.82, 2.24) is 15.2 Å². The first kappa shape index (κ1) is 13.1. The first-order valence-electron chi connectivity index (χ1n) is 6.77. The van der Waals surface area contributed by atoms with E-state index in [1.807, 2.05) is 0 Å². The molecule has 1 aliphatic heterocycles. The highest BCUT2D eigenvalue weighted by atomic mass is 16.1. The average molecular weight is 249 g/mol. The lowest BCUT2D eigenvalue weighted by molar-refractivity contribution is -0.119. The van der Waals surface area contributed by atoms with E-state index < -0.39 is 0 Å². The quantitative estimate of drug-likeness (QED) is 0.830. The smallest absolute Gasteiger partial charge is 0.220 e. The van der Waals surface area contributed by atoms with Crippen molar-refractivity contribution in [2.24, 2.45) is 0 Å². The molecule has 0 aliphatic carbocycles. The number of rotatable bonds is 5. The van der Waals surface area contributed by atoms with Crippen LogP contribution in [0.25, 0.3) is 0 Å². The molecule has 0 aromatic carbocycles. The summed E-state index contributed by atoms with van der Waals surface area (Å²) in [5.41, 5.74) is 4.03. The predicted octanol–water partition coefficient (Wildman–Crippen LogP) is 1.49. The Balaban J connectivity index is 1.85. The third kappa shape index (κ3) is 2.75. The number of aryl methyl sites for hydroxylation is 1. The number of aromatic nitrogens is 1. The van der Waals surface area contributed by atoms with E-state index in [2.05, 4.69) is 42.0 Å². The van der Waals surface area contributed by atoms with Crippen molar-refractivity contribution in [1.29, 1.82) is 0 Å². The Kier molecular flexibility index (Phi) is 4.07. The van der Waals surface area contributed by atoms with Crippen LogP contribution < -0.4 is 10.6 Å². The molecule has 1 fully saturated rings. The van der Waals surface area contributed by atoms with Gasteiger partial charge < -0.3 is 15.2 Å². The zero-order chi connectivity index (χ0) is 13.1. The SMILES string of the molecule is CCn1c(C)cc(CNCC2CCC(=O)N2)c1C. The third-order valence-electron chi connectivity index (χ3n) is 3.79. The lowest BCUT2D eigenvalue weighted by atomic mass is 10.2. The van der Waals surface area contributed by atoms with Crippen LogP contribution in [0.4, 0.5) is 0 Å². The fourth-order valence-electron chi connectivity index (χ4n) is 2.75. The van der Waals surface area contributed by atoms with Gasteiger partial charge in [0.05, 0.1) is 0 Å². The van der Waals surface area contributed by atoms with Crippen molar-refractivity contribution >= 4 is 5.91 Å². The summed E-state index contributed by atoms with van der Waals surface area (Å²) in [5, 5.41) is 6.42. The highest BCUT2D eigenvalue weighted by molar-refractivity contribution is 5.78. The van der Waals surface area contributed by atoms with Gasteiger partial charge in [0.25, 0.3) is 0 Å². The second kappa shape index (κ2) is 5.57. The van der Waals surface area contributed by atoms with Gasteiger partial charge in [-0.3, -0.25) is 4.79 Å². The summed E-state index contributed by atoms with van der Waals surface area (Å²) < 4.78 is 2.33. The van der Waals surface area contributed by atoms with E-state index in [1.54, 1.807) is 0 Å². The monoisotopic (exact) mass is 249 g/mol. The number of nitrogens with one attached hydrogen (secondary N) is 2. The maximum atomic E-state index is 11.1. The largest absolute Gasteiger partial charge is 0.352 e.